The third-order valence-electron chi connectivity index (χ3n) is 2.74. The minimum absolute atomic E-state index is 0. The highest BCUT2D eigenvalue weighted by Gasteiger charge is 2.09. The molecule has 2 N–H and O–H groups in total. The molecule has 0 aliphatic heterocycles. The SMILES string of the molecule is CNC(C)CNC(=O)c1cnc2ccccc2n1.Cl.Cl. The number of rotatable bonds is 4. The Morgan fingerprint density at radius 2 is 1.90 bits per heavy atom. The highest BCUT2D eigenvalue weighted by Crippen LogP contribution is 2.08. The first kappa shape index (κ1) is 18.6. The zero-order valence-corrected chi connectivity index (χ0v) is 12.9. The Morgan fingerprint density at radius 3 is 2.55 bits per heavy atom. The molecule has 1 amide bonds. The summed E-state index contributed by atoms with van der Waals surface area (Å²) in [5.74, 6) is -0.199. The molecule has 0 aliphatic rings. The number of nitrogens with zero attached hydrogens (tertiary/aromatic N) is 2. The highest BCUT2D eigenvalue weighted by atomic mass is 35.5. The second-order valence-corrected chi connectivity index (χ2v) is 4.14. The van der Waals surface area contributed by atoms with E-state index >= 15 is 0 Å². The summed E-state index contributed by atoms with van der Waals surface area (Å²) < 4.78 is 0. The van der Waals surface area contributed by atoms with Gasteiger partial charge >= 0.3 is 0 Å². The molecule has 0 spiro atoms. The molecule has 0 saturated carbocycles. The number of nitrogens with one attached hydrogen (secondary N) is 2. The van der Waals surface area contributed by atoms with E-state index in [2.05, 4.69) is 20.6 Å². The van der Waals surface area contributed by atoms with Crippen LogP contribution in [0.5, 0.6) is 0 Å². The normalized spacial score (nSPS) is 11.1. The molecule has 5 nitrogen and oxygen atoms in total. The van der Waals surface area contributed by atoms with E-state index in [0.29, 0.717) is 12.2 Å². The molecular weight excluding hydrogens is 299 g/mol. The van der Waals surface area contributed by atoms with Crippen molar-refractivity contribution >= 4 is 41.8 Å². The summed E-state index contributed by atoms with van der Waals surface area (Å²) in [6.07, 6.45) is 1.50. The fourth-order valence-electron chi connectivity index (χ4n) is 1.51. The van der Waals surface area contributed by atoms with Gasteiger partial charge in [0.25, 0.3) is 5.91 Å². The van der Waals surface area contributed by atoms with Crippen molar-refractivity contribution in [3.05, 3.63) is 36.2 Å². The number of hydrogen-bond acceptors (Lipinski definition) is 4. The lowest BCUT2D eigenvalue weighted by atomic mass is 10.3. The predicted molar refractivity (Wildman–Crippen MR) is 84.9 cm³/mol. The van der Waals surface area contributed by atoms with E-state index in [1.54, 1.807) is 0 Å². The van der Waals surface area contributed by atoms with Crippen molar-refractivity contribution < 1.29 is 4.79 Å². The summed E-state index contributed by atoms with van der Waals surface area (Å²) in [6.45, 7) is 2.55. The molecule has 1 aromatic carbocycles. The average molecular weight is 317 g/mol. The molecule has 20 heavy (non-hydrogen) atoms. The quantitative estimate of drug-likeness (QED) is 0.902. The van der Waals surface area contributed by atoms with Crippen LogP contribution in [-0.2, 0) is 0 Å². The van der Waals surface area contributed by atoms with Crippen LogP contribution in [0, 0.1) is 0 Å². The Morgan fingerprint density at radius 1 is 1.25 bits per heavy atom. The van der Waals surface area contributed by atoms with Crippen LogP contribution >= 0.6 is 24.8 Å². The lowest BCUT2D eigenvalue weighted by Gasteiger charge is -2.10. The number of aromatic nitrogens is 2. The molecule has 0 fully saturated rings. The average Bonchev–Trinajstić information content (AvgIpc) is 2.43. The van der Waals surface area contributed by atoms with Gasteiger partial charge in [0.2, 0.25) is 0 Å². The standard InChI is InChI=1S/C13H16N4O.2ClH/c1-9(14-2)7-16-13(18)12-8-15-10-5-3-4-6-11(10)17-12;;/h3-6,8-9,14H,7H2,1-2H3,(H,16,18);2*1H. The van der Waals surface area contributed by atoms with Crippen molar-refractivity contribution in [1.82, 2.24) is 20.6 Å². The first-order chi connectivity index (χ1) is 8.70. The third kappa shape index (κ3) is 4.59. The van der Waals surface area contributed by atoms with Gasteiger partial charge in [-0.15, -0.1) is 24.8 Å². The van der Waals surface area contributed by atoms with Gasteiger partial charge in [-0.3, -0.25) is 9.78 Å². The molecule has 1 heterocycles. The van der Waals surface area contributed by atoms with Crippen LogP contribution in [0.2, 0.25) is 0 Å². The number of para-hydroxylation sites is 2. The summed E-state index contributed by atoms with van der Waals surface area (Å²) in [4.78, 5) is 20.4. The molecular formula is C13H18Cl2N4O. The van der Waals surface area contributed by atoms with Crippen molar-refractivity contribution in [3.63, 3.8) is 0 Å². The maximum Gasteiger partial charge on any atom is 0.271 e. The fraction of sp³-hybridized carbons (Fsp3) is 0.308. The van der Waals surface area contributed by atoms with Crippen LogP contribution in [0.25, 0.3) is 11.0 Å². The number of carbonyl (C=O) groups excluding carboxylic acids is 1. The molecule has 0 saturated heterocycles. The molecule has 2 aromatic rings. The maximum atomic E-state index is 11.9. The van der Waals surface area contributed by atoms with Crippen molar-refractivity contribution in [2.24, 2.45) is 0 Å². The minimum Gasteiger partial charge on any atom is -0.349 e. The number of benzene rings is 1. The van der Waals surface area contributed by atoms with E-state index < -0.39 is 0 Å². The fourth-order valence-corrected chi connectivity index (χ4v) is 1.51. The second-order valence-electron chi connectivity index (χ2n) is 4.14. The monoisotopic (exact) mass is 316 g/mol. The predicted octanol–water partition coefficient (Wildman–Crippen LogP) is 1.81. The molecule has 0 radical (unpaired) electrons. The number of carbonyl (C=O) groups is 1. The lowest BCUT2D eigenvalue weighted by Crippen LogP contribution is -2.37. The maximum absolute atomic E-state index is 11.9. The zero-order chi connectivity index (χ0) is 13.0. The summed E-state index contributed by atoms with van der Waals surface area (Å²) in [5, 5.41) is 5.86. The Kier molecular flexibility index (Phi) is 8.06. The number of amides is 1. The van der Waals surface area contributed by atoms with Crippen molar-refractivity contribution in [1.29, 1.82) is 0 Å². The summed E-state index contributed by atoms with van der Waals surface area (Å²) >= 11 is 0. The molecule has 2 rings (SSSR count). The van der Waals surface area contributed by atoms with Gasteiger partial charge in [-0.1, -0.05) is 12.1 Å². The second kappa shape index (κ2) is 8.68. The van der Waals surface area contributed by atoms with Crippen LogP contribution in [0.1, 0.15) is 17.4 Å². The zero-order valence-electron chi connectivity index (χ0n) is 11.3. The van der Waals surface area contributed by atoms with Crippen LogP contribution in [0.3, 0.4) is 0 Å². The number of fused-ring (bicyclic) bond motifs is 1. The number of halogens is 2. The van der Waals surface area contributed by atoms with Crippen LogP contribution in [0.4, 0.5) is 0 Å². The van der Waals surface area contributed by atoms with Gasteiger partial charge < -0.3 is 10.6 Å². The summed E-state index contributed by atoms with van der Waals surface area (Å²) in [7, 11) is 1.85. The molecule has 7 heteroatoms. The van der Waals surface area contributed by atoms with E-state index in [4.69, 9.17) is 0 Å². The van der Waals surface area contributed by atoms with Crippen LogP contribution in [-0.4, -0.2) is 35.5 Å². The Hall–Kier alpha value is -1.43. The van der Waals surface area contributed by atoms with Crippen LogP contribution < -0.4 is 10.6 Å². The van der Waals surface area contributed by atoms with Crippen LogP contribution in [0.15, 0.2) is 30.5 Å². The first-order valence-electron chi connectivity index (χ1n) is 5.88. The number of likely N-dealkylation sites (N-methyl/N-ethyl adjacent to an activating group) is 1. The summed E-state index contributed by atoms with van der Waals surface area (Å²) in [5.41, 5.74) is 1.86. The minimum atomic E-state index is -0.199. The molecule has 0 bridgehead atoms. The topological polar surface area (TPSA) is 66.9 Å². The van der Waals surface area contributed by atoms with E-state index in [1.165, 1.54) is 6.20 Å². The van der Waals surface area contributed by atoms with E-state index in [-0.39, 0.29) is 36.8 Å². The molecule has 110 valence electrons. The van der Waals surface area contributed by atoms with Crippen molar-refractivity contribution in [2.45, 2.75) is 13.0 Å². The Labute approximate surface area is 130 Å². The largest absolute Gasteiger partial charge is 0.349 e. The highest BCUT2D eigenvalue weighted by molar-refractivity contribution is 5.93. The molecule has 1 aromatic heterocycles. The third-order valence-corrected chi connectivity index (χ3v) is 2.74. The smallest absolute Gasteiger partial charge is 0.271 e. The van der Waals surface area contributed by atoms with Crippen molar-refractivity contribution in [2.75, 3.05) is 13.6 Å². The van der Waals surface area contributed by atoms with Crippen molar-refractivity contribution in [3.8, 4) is 0 Å². The molecule has 0 aliphatic carbocycles. The molecule has 1 atom stereocenters. The van der Waals surface area contributed by atoms with E-state index in [9.17, 15) is 4.79 Å². The van der Waals surface area contributed by atoms with Gasteiger partial charge in [-0.25, -0.2) is 4.98 Å². The van der Waals surface area contributed by atoms with Gasteiger partial charge in [0.1, 0.15) is 5.69 Å². The van der Waals surface area contributed by atoms with Gasteiger partial charge in [0.15, 0.2) is 0 Å². The first-order valence-corrected chi connectivity index (χ1v) is 5.88. The van der Waals surface area contributed by atoms with Gasteiger partial charge in [-0.2, -0.15) is 0 Å². The van der Waals surface area contributed by atoms with Gasteiger partial charge in [0, 0.05) is 12.6 Å². The van der Waals surface area contributed by atoms with Gasteiger partial charge in [0.05, 0.1) is 17.2 Å². The number of hydrogen-bond donors (Lipinski definition) is 2. The van der Waals surface area contributed by atoms with E-state index in [1.807, 2.05) is 38.2 Å². The van der Waals surface area contributed by atoms with E-state index in [0.717, 1.165) is 11.0 Å². The Balaban J connectivity index is 0.00000180. The Bertz CT molecular complexity index is 565. The lowest BCUT2D eigenvalue weighted by molar-refractivity contribution is 0.0945. The summed E-state index contributed by atoms with van der Waals surface area (Å²) in [6, 6.07) is 7.71. The van der Waals surface area contributed by atoms with Gasteiger partial charge in [-0.05, 0) is 26.1 Å². The molecule has 1 unspecified atom stereocenters.